The van der Waals surface area contributed by atoms with E-state index in [4.69, 9.17) is 17.3 Å². The highest BCUT2D eigenvalue weighted by molar-refractivity contribution is 6.31. The summed E-state index contributed by atoms with van der Waals surface area (Å²) in [6, 6.07) is 12.6. The van der Waals surface area contributed by atoms with Gasteiger partial charge in [0.15, 0.2) is 0 Å². The van der Waals surface area contributed by atoms with Crippen molar-refractivity contribution < 1.29 is 4.79 Å². The van der Waals surface area contributed by atoms with Crippen LogP contribution in [0, 0.1) is 0 Å². The molecule has 1 amide bonds. The van der Waals surface area contributed by atoms with Crippen LogP contribution in [0.3, 0.4) is 0 Å². The number of nitrogens with two attached hydrogens (primary N) is 1. The van der Waals surface area contributed by atoms with Crippen molar-refractivity contribution in [3.05, 3.63) is 47.5 Å². The van der Waals surface area contributed by atoms with E-state index < -0.39 is 0 Å². The lowest BCUT2D eigenvalue weighted by atomic mass is 10.2. The van der Waals surface area contributed by atoms with Crippen LogP contribution in [0.25, 0.3) is 0 Å². The zero-order valence-corrected chi connectivity index (χ0v) is 11.2. The number of carbonyl (C=O) groups excluding carboxylic acids is 1. The molecule has 0 saturated carbocycles. The van der Waals surface area contributed by atoms with Gasteiger partial charge in [-0.15, -0.1) is 0 Å². The summed E-state index contributed by atoms with van der Waals surface area (Å²) in [6.45, 7) is 1.47. The zero-order chi connectivity index (χ0) is 13.8. The maximum absolute atomic E-state index is 10.9. The highest BCUT2D eigenvalue weighted by atomic mass is 35.5. The molecular weight excluding hydrogens is 262 g/mol. The van der Waals surface area contributed by atoms with Crippen molar-refractivity contribution in [1.82, 2.24) is 0 Å². The first-order valence-corrected chi connectivity index (χ1v) is 6.12. The maximum Gasteiger partial charge on any atom is 0.221 e. The smallest absolute Gasteiger partial charge is 0.221 e. The van der Waals surface area contributed by atoms with E-state index in [0.717, 1.165) is 17.1 Å². The second kappa shape index (κ2) is 5.63. The fourth-order valence-corrected chi connectivity index (χ4v) is 1.80. The van der Waals surface area contributed by atoms with Gasteiger partial charge in [-0.25, -0.2) is 0 Å². The summed E-state index contributed by atoms with van der Waals surface area (Å²) in [6.07, 6.45) is 0. The molecule has 0 atom stereocenters. The second-order valence-corrected chi connectivity index (χ2v) is 4.55. The van der Waals surface area contributed by atoms with Crippen molar-refractivity contribution in [3.63, 3.8) is 0 Å². The molecule has 0 spiro atoms. The van der Waals surface area contributed by atoms with Gasteiger partial charge in [0, 0.05) is 23.3 Å². The summed E-state index contributed by atoms with van der Waals surface area (Å²) < 4.78 is 0. The summed E-state index contributed by atoms with van der Waals surface area (Å²) in [5.41, 5.74) is 8.84. The summed E-state index contributed by atoms with van der Waals surface area (Å²) >= 11 is 5.92. The molecule has 0 aliphatic carbocycles. The van der Waals surface area contributed by atoms with Crippen LogP contribution in [-0.2, 0) is 4.79 Å². The molecule has 0 fully saturated rings. The zero-order valence-electron chi connectivity index (χ0n) is 10.4. The predicted octanol–water partition coefficient (Wildman–Crippen LogP) is 3.62. The Kier molecular flexibility index (Phi) is 3.92. The number of hydrogen-bond acceptors (Lipinski definition) is 3. The molecule has 2 rings (SSSR count). The van der Waals surface area contributed by atoms with Crippen molar-refractivity contribution in [3.8, 4) is 0 Å². The summed E-state index contributed by atoms with van der Waals surface area (Å²) in [5, 5.41) is 6.49. The molecule has 0 saturated heterocycles. The number of carbonyl (C=O) groups is 1. The molecule has 2 aromatic rings. The molecule has 0 aromatic heterocycles. The summed E-state index contributed by atoms with van der Waals surface area (Å²) in [4.78, 5) is 10.9. The Balaban J connectivity index is 2.15. The fraction of sp³-hybridized carbons (Fsp3) is 0.0714. The van der Waals surface area contributed by atoms with Crippen LogP contribution in [0.4, 0.5) is 22.7 Å². The fourth-order valence-electron chi connectivity index (χ4n) is 1.63. The van der Waals surface area contributed by atoms with Gasteiger partial charge in [-0.3, -0.25) is 4.79 Å². The van der Waals surface area contributed by atoms with Crippen LogP contribution in [0.2, 0.25) is 5.02 Å². The van der Waals surface area contributed by atoms with Crippen LogP contribution in [0.5, 0.6) is 0 Å². The van der Waals surface area contributed by atoms with E-state index in [1.807, 2.05) is 24.3 Å². The van der Waals surface area contributed by atoms with Crippen LogP contribution in [0.1, 0.15) is 6.92 Å². The maximum atomic E-state index is 10.9. The van der Waals surface area contributed by atoms with Gasteiger partial charge in [0.25, 0.3) is 0 Å². The molecule has 2 aromatic carbocycles. The van der Waals surface area contributed by atoms with E-state index in [0.29, 0.717) is 10.7 Å². The molecule has 0 bridgehead atoms. The number of hydrogen-bond donors (Lipinski definition) is 3. The number of nitrogens with one attached hydrogen (secondary N) is 2. The number of rotatable bonds is 3. The number of amides is 1. The van der Waals surface area contributed by atoms with Gasteiger partial charge in [-0.1, -0.05) is 11.6 Å². The van der Waals surface area contributed by atoms with Gasteiger partial charge in [0.1, 0.15) is 0 Å². The number of benzene rings is 2. The van der Waals surface area contributed by atoms with Gasteiger partial charge in [-0.05, 0) is 42.5 Å². The first-order valence-electron chi connectivity index (χ1n) is 5.74. The Hall–Kier alpha value is -2.20. The van der Waals surface area contributed by atoms with Crippen LogP contribution in [0.15, 0.2) is 42.5 Å². The Bertz CT molecular complexity index is 596. The van der Waals surface area contributed by atoms with Crippen LogP contribution < -0.4 is 16.4 Å². The molecule has 4 N–H and O–H groups in total. The predicted molar refractivity (Wildman–Crippen MR) is 79.9 cm³/mol. The number of nitrogen functional groups attached to an aromatic ring is 1. The molecule has 19 heavy (non-hydrogen) atoms. The lowest BCUT2D eigenvalue weighted by Crippen LogP contribution is -2.05. The van der Waals surface area contributed by atoms with E-state index in [1.165, 1.54) is 6.92 Å². The normalized spacial score (nSPS) is 10.0. The molecule has 0 radical (unpaired) electrons. The van der Waals surface area contributed by atoms with Gasteiger partial charge in [0.05, 0.1) is 11.4 Å². The minimum atomic E-state index is -0.0974. The molecule has 0 aliphatic heterocycles. The SMILES string of the molecule is CC(=O)Nc1ccc(Nc2cc(Cl)ccc2N)cc1. The van der Waals surface area contributed by atoms with Crippen molar-refractivity contribution in [2.75, 3.05) is 16.4 Å². The molecule has 0 aliphatic rings. The molecule has 5 heteroatoms. The minimum absolute atomic E-state index is 0.0974. The van der Waals surface area contributed by atoms with Gasteiger partial charge in [0.2, 0.25) is 5.91 Å². The molecule has 0 unspecified atom stereocenters. The molecular formula is C14H14ClN3O. The molecule has 0 heterocycles. The lowest BCUT2D eigenvalue weighted by Gasteiger charge is -2.10. The Morgan fingerprint density at radius 3 is 2.37 bits per heavy atom. The third-order valence-corrected chi connectivity index (χ3v) is 2.73. The van der Waals surface area contributed by atoms with Crippen molar-refractivity contribution in [1.29, 1.82) is 0 Å². The van der Waals surface area contributed by atoms with E-state index >= 15 is 0 Å². The minimum Gasteiger partial charge on any atom is -0.397 e. The van der Waals surface area contributed by atoms with Crippen molar-refractivity contribution in [2.24, 2.45) is 0 Å². The Morgan fingerprint density at radius 2 is 1.74 bits per heavy atom. The average Bonchev–Trinajstić information content (AvgIpc) is 2.35. The summed E-state index contributed by atoms with van der Waals surface area (Å²) in [5.74, 6) is -0.0974. The molecule has 4 nitrogen and oxygen atoms in total. The third kappa shape index (κ3) is 3.63. The van der Waals surface area contributed by atoms with E-state index in [-0.39, 0.29) is 5.91 Å². The van der Waals surface area contributed by atoms with Crippen molar-refractivity contribution >= 4 is 40.3 Å². The highest BCUT2D eigenvalue weighted by Gasteiger charge is 2.01. The van der Waals surface area contributed by atoms with E-state index in [2.05, 4.69) is 10.6 Å². The Morgan fingerprint density at radius 1 is 1.11 bits per heavy atom. The van der Waals surface area contributed by atoms with E-state index in [9.17, 15) is 4.79 Å². The first-order chi connectivity index (χ1) is 9.04. The first kappa shape index (κ1) is 13.2. The van der Waals surface area contributed by atoms with Gasteiger partial charge < -0.3 is 16.4 Å². The largest absolute Gasteiger partial charge is 0.397 e. The van der Waals surface area contributed by atoms with Crippen molar-refractivity contribution in [2.45, 2.75) is 6.92 Å². The second-order valence-electron chi connectivity index (χ2n) is 4.12. The van der Waals surface area contributed by atoms with E-state index in [1.54, 1.807) is 18.2 Å². The summed E-state index contributed by atoms with van der Waals surface area (Å²) in [7, 11) is 0. The molecule has 98 valence electrons. The average molecular weight is 276 g/mol. The van der Waals surface area contributed by atoms with Gasteiger partial charge in [-0.2, -0.15) is 0 Å². The van der Waals surface area contributed by atoms with Crippen LogP contribution >= 0.6 is 11.6 Å². The Labute approximate surface area is 116 Å². The highest BCUT2D eigenvalue weighted by Crippen LogP contribution is 2.27. The standard InChI is InChI=1S/C14H14ClN3O/c1-9(19)17-11-3-5-12(6-4-11)18-14-8-10(15)2-7-13(14)16/h2-8,18H,16H2,1H3,(H,17,19). The lowest BCUT2D eigenvalue weighted by molar-refractivity contribution is -0.114. The number of halogens is 1. The quantitative estimate of drug-likeness (QED) is 0.750. The third-order valence-electron chi connectivity index (χ3n) is 2.50. The van der Waals surface area contributed by atoms with Crippen LogP contribution in [-0.4, -0.2) is 5.91 Å². The number of anilines is 4. The topological polar surface area (TPSA) is 67.2 Å². The van der Waals surface area contributed by atoms with Gasteiger partial charge >= 0.3 is 0 Å². The monoisotopic (exact) mass is 275 g/mol.